The van der Waals surface area contributed by atoms with Gasteiger partial charge in [0.05, 0.1) is 0 Å². The summed E-state index contributed by atoms with van der Waals surface area (Å²) in [6.07, 6.45) is 2.50. The van der Waals surface area contributed by atoms with Crippen molar-refractivity contribution in [1.29, 1.82) is 0 Å². The van der Waals surface area contributed by atoms with E-state index in [0.29, 0.717) is 23.4 Å². The third-order valence-corrected chi connectivity index (χ3v) is 4.47. The molecular formula is C21H24N2O3. The molecule has 3 rings (SSSR count). The molecule has 1 amide bonds. The van der Waals surface area contributed by atoms with Gasteiger partial charge < -0.3 is 15.0 Å². The smallest absolute Gasteiger partial charge is 0.257 e. The van der Waals surface area contributed by atoms with Crippen LogP contribution in [-0.4, -0.2) is 49.4 Å². The highest BCUT2D eigenvalue weighted by Crippen LogP contribution is 2.15. The molecule has 26 heavy (non-hydrogen) atoms. The molecule has 0 radical (unpaired) electrons. The molecule has 1 fully saturated rings. The SMILES string of the molecule is O=C(COc1ccc(C(=O)c2ccccc2)cc1)NCCN1CCCC1. The van der Waals surface area contributed by atoms with Crippen LogP contribution in [0.25, 0.3) is 0 Å². The van der Waals surface area contributed by atoms with Crippen molar-refractivity contribution in [1.82, 2.24) is 10.2 Å². The lowest BCUT2D eigenvalue weighted by atomic mass is 10.0. The third-order valence-electron chi connectivity index (χ3n) is 4.47. The van der Waals surface area contributed by atoms with E-state index in [1.807, 2.05) is 18.2 Å². The molecule has 5 heteroatoms. The Morgan fingerprint density at radius 2 is 1.58 bits per heavy atom. The zero-order valence-electron chi connectivity index (χ0n) is 14.8. The van der Waals surface area contributed by atoms with Crippen LogP contribution in [0.4, 0.5) is 0 Å². The summed E-state index contributed by atoms with van der Waals surface area (Å²) in [5, 5.41) is 2.87. The van der Waals surface area contributed by atoms with E-state index in [2.05, 4.69) is 10.2 Å². The Morgan fingerprint density at radius 3 is 2.27 bits per heavy atom. The topological polar surface area (TPSA) is 58.6 Å². The highest BCUT2D eigenvalue weighted by molar-refractivity contribution is 6.08. The Kier molecular flexibility index (Phi) is 6.39. The predicted molar refractivity (Wildman–Crippen MR) is 100 cm³/mol. The second-order valence-corrected chi connectivity index (χ2v) is 6.41. The van der Waals surface area contributed by atoms with E-state index in [9.17, 15) is 9.59 Å². The average molecular weight is 352 g/mol. The average Bonchev–Trinajstić information content (AvgIpc) is 3.20. The number of ketones is 1. The number of rotatable bonds is 8. The van der Waals surface area contributed by atoms with Gasteiger partial charge in [0, 0.05) is 24.2 Å². The van der Waals surface area contributed by atoms with Gasteiger partial charge in [0.25, 0.3) is 5.91 Å². The van der Waals surface area contributed by atoms with Crippen LogP contribution in [-0.2, 0) is 4.79 Å². The molecule has 1 saturated heterocycles. The van der Waals surface area contributed by atoms with Gasteiger partial charge in [-0.2, -0.15) is 0 Å². The molecule has 0 atom stereocenters. The monoisotopic (exact) mass is 352 g/mol. The zero-order chi connectivity index (χ0) is 18.2. The molecular weight excluding hydrogens is 328 g/mol. The Labute approximate surface area is 154 Å². The molecule has 1 aliphatic heterocycles. The van der Waals surface area contributed by atoms with Crippen molar-refractivity contribution in [2.75, 3.05) is 32.8 Å². The molecule has 0 aromatic heterocycles. The maximum absolute atomic E-state index is 12.3. The van der Waals surface area contributed by atoms with Gasteiger partial charge in [-0.1, -0.05) is 30.3 Å². The fourth-order valence-corrected chi connectivity index (χ4v) is 3.02. The fourth-order valence-electron chi connectivity index (χ4n) is 3.02. The summed E-state index contributed by atoms with van der Waals surface area (Å²) in [5.41, 5.74) is 1.25. The summed E-state index contributed by atoms with van der Waals surface area (Å²) in [6, 6.07) is 16.0. The largest absolute Gasteiger partial charge is 0.484 e. The van der Waals surface area contributed by atoms with Crippen LogP contribution in [0.3, 0.4) is 0 Å². The summed E-state index contributed by atoms with van der Waals surface area (Å²) in [6.45, 7) is 3.77. The fraction of sp³-hybridized carbons (Fsp3) is 0.333. The Balaban J connectivity index is 1.42. The molecule has 136 valence electrons. The number of likely N-dealkylation sites (tertiary alicyclic amines) is 1. The van der Waals surface area contributed by atoms with Crippen molar-refractivity contribution in [2.24, 2.45) is 0 Å². The van der Waals surface area contributed by atoms with Crippen LogP contribution in [0.2, 0.25) is 0 Å². The molecule has 0 aliphatic carbocycles. The molecule has 0 spiro atoms. The van der Waals surface area contributed by atoms with Gasteiger partial charge in [0.2, 0.25) is 0 Å². The molecule has 5 nitrogen and oxygen atoms in total. The number of hydrogen-bond acceptors (Lipinski definition) is 4. The Morgan fingerprint density at radius 1 is 0.923 bits per heavy atom. The van der Waals surface area contributed by atoms with E-state index in [-0.39, 0.29) is 18.3 Å². The number of hydrogen-bond donors (Lipinski definition) is 1. The van der Waals surface area contributed by atoms with Crippen LogP contribution in [0.1, 0.15) is 28.8 Å². The lowest BCUT2D eigenvalue weighted by molar-refractivity contribution is -0.123. The minimum atomic E-state index is -0.131. The molecule has 1 N–H and O–H groups in total. The van der Waals surface area contributed by atoms with Crippen LogP contribution in [0.5, 0.6) is 5.75 Å². The number of carbonyl (C=O) groups excluding carboxylic acids is 2. The lowest BCUT2D eigenvalue weighted by Gasteiger charge is -2.14. The van der Waals surface area contributed by atoms with E-state index in [1.165, 1.54) is 12.8 Å². The van der Waals surface area contributed by atoms with Gasteiger partial charge in [0.15, 0.2) is 12.4 Å². The number of nitrogens with one attached hydrogen (secondary N) is 1. The third kappa shape index (κ3) is 5.17. The van der Waals surface area contributed by atoms with E-state index < -0.39 is 0 Å². The molecule has 1 aliphatic rings. The van der Waals surface area contributed by atoms with Crippen LogP contribution >= 0.6 is 0 Å². The summed E-state index contributed by atoms with van der Waals surface area (Å²) >= 11 is 0. The maximum atomic E-state index is 12.3. The first-order chi connectivity index (χ1) is 12.7. The first kappa shape index (κ1) is 18.1. The molecule has 2 aromatic carbocycles. The van der Waals surface area contributed by atoms with E-state index in [4.69, 9.17) is 4.74 Å². The number of carbonyl (C=O) groups is 2. The van der Waals surface area contributed by atoms with Gasteiger partial charge in [0.1, 0.15) is 5.75 Å². The Hall–Kier alpha value is -2.66. The van der Waals surface area contributed by atoms with Gasteiger partial charge in [-0.05, 0) is 50.2 Å². The van der Waals surface area contributed by atoms with Crippen molar-refractivity contribution in [3.05, 3.63) is 65.7 Å². The molecule has 0 saturated carbocycles. The van der Waals surface area contributed by atoms with Gasteiger partial charge in [-0.25, -0.2) is 0 Å². The van der Waals surface area contributed by atoms with Gasteiger partial charge in [-0.15, -0.1) is 0 Å². The standard InChI is InChI=1S/C21H24N2O3/c24-20(22-12-15-23-13-4-5-14-23)16-26-19-10-8-18(9-11-19)21(25)17-6-2-1-3-7-17/h1-3,6-11H,4-5,12-16H2,(H,22,24). The van der Waals surface area contributed by atoms with Crippen molar-refractivity contribution < 1.29 is 14.3 Å². The molecule has 2 aromatic rings. The minimum absolute atomic E-state index is 0.0218. The Bertz CT molecular complexity index is 723. The highest BCUT2D eigenvalue weighted by atomic mass is 16.5. The second kappa shape index (κ2) is 9.15. The van der Waals surface area contributed by atoms with Gasteiger partial charge >= 0.3 is 0 Å². The van der Waals surface area contributed by atoms with Crippen LogP contribution < -0.4 is 10.1 Å². The zero-order valence-corrected chi connectivity index (χ0v) is 14.8. The van der Waals surface area contributed by atoms with Crippen LogP contribution in [0.15, 0.2) is 54.6 Å². The number of ether oxygens (including phenoxy) is 1. The lowest BCUT2D eigenvalue weighted by Crippen LogP contribution is -2.35. The minimum Gasteiger partial charge on any atom is -0.484 e. The summed E-state index contributed by atoms with van der Waals surface area (Å²) in [5.74, 6) is 0.412. The second-order valence-electron chi connectivity index (χ2n) is 6.41. The summed E-state index contributed by atoms with van der Waals surface area (Å²) in [7, 11) is 0. The van der Waals surface area contributed by atoms with E-state index in [1.54, 1.807) is 36.4 Å². The first-order valence-electron chi connectivity index (χ1n) is 9.04. The van der Waals surface area contributed by atoms with Crippen LogP contribution in [0, 0.1) is 0 Å². The highest BCUT2D eigenvalue weighted by Gasteiger charge is 2.12. The number of amides is 1. The van der Waals surface area contributed by atoms with E-state index >= 15 is 0 Å². The predicted octanol–water partition coefficient (Wildman–Crippen LogP) is 2.51. The molecule has 1 heterocycles. The quantitative estimate of drug-likeness (QED) is 0.742. The molecule has 0 bridgehead atoms. The van der Waals surface area contributed by atoms with Crippen molar-refractivity contribution in [3.63, 3.8) is 0 Å². The summed E-state index contributed by atoms with van der Waals surface area (Å²) < 4.78 is 5.49. The van der Waals surface area contributed by atoms with E-state index in [0.717, 1.165) is 19.6 Å². The number of benzene rings is 2. The number of nitrogens with zero attached hydrogens (tertiary/aromatic N) is 1. The molecule has 0 unspecified atom stereocenters. The first-order valence-corrected chi connectivity index (χ1v) is 9.04. The maximum Gasteiger partial charge on any atom is 0.257 e. The summed E-state index contributed by atoms with van der Waals surface area (Å²) in [4.78, 5) is 26.5. The normalized spacial score (nSPS) is 14.2. The van der Waals surface area contributed by atoms with Crippen molar-refractivity contribution in [3.8, 4) is 5.75 Å². The van der Waals surface area contributed by atoms with Gasteiger partial charge in [-0.3, -0.25) is 9.59 Å². The van der Waals surface area contributed by atoms with Crippen molar-refractivity contribution in [2.45, 2.75) is 12.8 Å². The van der Waals surface area contributed by atoms with Crippen molar-refractivity contribution >= 4 is 11.7 Å².